The molecule has 0 unspecified atom stereocenters. The molecule has 0 radical (unpaired) electrons. The van der Waals surface area contributed by atoms with Gasteiger partial charge < -0.3 is 24.4 Å². The van der Waals surface area contributed by atoms with Crippen LogP contribution in [-0.4, -0.2) is 48.4 Å². The monoisotopic (exact) mass is 518 g/mol. The van der Waals surface area contributed by atoms with Gasteiger partial charge in [0.2, 0.25) is 0 Å². The molecule has 0 amide bonds. The summed E-state index contributed by atoms with van der Waals surface area (Å²) in [5.74, 6) is 1.63. The molecule has 38 heavy (non-hydrogen) atoms. The topological polar surface area (TPSA) is 105 Å². The fraction of sp³-hybridized carbons (Fsp3) is 0.259. The van der Waals surface area contributed by atoms with Gasteiger partial charge in [0, 0.05) is 36.6 Å². The first-order valence-corrected chi connectivity index (χ1v) is 11.9. The summed E-state index contributed by atoms with van der Waals surface area (Å²) in [7, 11) is 1.52. The van der Waals surface area contributed by atoms with E-state index in [2.05, 4.69) is 26.3 Å². The number of ether oxygens (including phenoxy) is 3. The van der Waals surface area contributed by atoms with Gasteiger partial charge in [-0.15, -0.1) is 0 Å². The second-order valence-electron chi connectivity index (χ2n) is 8.47. The van der Waals surface area contributed by atoms with Crippen LogP contribution in [0.3, 0.4) is 0 Å². The molecule has 1 aliphatic heterocycles. The van der Waals surface area contributed by atoms with Crippen LogP contribution in [0.5, 0.6) is 11.5 Å². The Labute approximate surface area is 217 Å². The Hall–Kier alpha value is -4.56. The number of anilines is 3. The molecular formula is C27H24F2N6O3. The van der Waals surface area contributed by atoms with Gasteiger partial charge in [-0.2, -0.15) is 5.26 Å². The first-order chi connectivity index (χ1) is 18.6. The van der Waals surface area contributed by atoms with Gasteiger partial charge >= 0.3 is 0 Å². The molecule has 11 heteroatoms. The number of methoxy groups -OCH3 is 1. The maximum Gasteiger partial charge on any atom is 0.280 e. The SMILES string of the molecule is COc1cc(Nc2ccc3ncc(N4CCOCC4)nc3c2C#N)ccc1OCc1ccc(C(F)F)nc1. The summed E-state index contributed by atoms with van der Waals surface area (Å²) in [6.07, 6.45) is 0.461. The standard InChI is InChI=1S/C27H24F2N6O3/c1-36-24-12-18(3-7-23(24)38-16-17-2-4-22(27(28)29)31-14-17)33-20-5-6-21-26(19(20)13-30)34-25(15-32-21)35-8-10-37-11-9-35/h2-7,12,14-15,27,33H,8-11,16H2,1H3. The molecule has 1 N–H and O–H groups in total. The Kier molecular flexibility index (Phi) is 7.42. The molecule has 0 aliphatic carbocycles. The Bertz CT molecular complexity index is 1470. The Morgan fingerprint density at radius 2 is 1.92 bits per heavy atom. The zero-order chi connectivity index (χ0) is 26.5. The Balaban J connectivity index is 1.35. The number of rotatable bonds is 8. The number of benzene rings is 2. The molecule has 9 nitrogen and oxygen atoms in total. The molecule has 3 heterocycles. The van der Waals surface area contributed by atoms with E-state index in [1.165, 1.54) is 19.4 Å². The molecular weight excluding hydrogens is 494 g/mol. The molecule has 2 aromatic heterocycles. The zero-order valence-corrected chi connectivity index (χ0v) is 20.5. The van der Waals surface area contributed by atoms with Crippen molar-refractivity contribution < 1.29 is 23.0 Å². The van der Waals surface area contributed by atoms with Gasteiger partial charge in [0.15, 0.2) is 11.5 Å². The maximum absolute atomic E-state index is 12.7. The third-order valence-electron chi connectivity index (χ3n) is 6.06. The van der Waals surface area contributed by atoms with Gasteiger partial charge in [-0.3, -0.25) is 9.97 Å². The van der Waals surface area contributed by atoms with Crippen molar-refractivity contribution in [2.45, 2.75) is 13.0 Å². The lowest BCUT2D eigenvalue weighted by Gasteiger charge is -2.27. The molecule has 0 spiro atoms. The molecule has 1 fully saturated rings. The van der Waals surface area contributed by atoms with Crippen molar-refractivity contribution in [1.29, 1.82) is 5.26 Å². The van der Waals surface area contributed by atoms with E-state index >= 15 is 0 Å². The molecule has 2 aromatic carbocycles. The second-order valence-corrected chi connectivity index (χ2v) is 8.47. The summed E-state index contributed by atoms with van der Waals surface area (Å²) < 4.78 is 42.2. The molecule has 5 rings (SSSR count). The van der Waals surface area contributed by atoms with E-state index in [-0.39, 0.29) is 12.3 Å². The van der Waals surface area contributed by atoms with E-state index in [4.69, 9.17) is 19.2 Å². The average molecular weight is 519 g/mol. The molecule has 194 valence electrons. The number of aromatic nitrogens is 3. The smallest absolute Gasteiger partial charge is 0.280 e. The van der Waals surface area contributed by atoms with Crippen LogP contribution in [0.4, 0.5) is 26.0 Å². The van der Waals surface area contributed by atoms with Crippen molar-refractivity contribution in [2.75, 3.05) is 43.6 Å². The molecule has 4 aromatic rings. The zero-order valence-electron chi connectivity index (χ0n) is 20.5. The highest BCUT2D eigenvalue weighted by Crippen LogP contribution is 2.34. The predicted molar refractivity (Wildman–Crippen MR) is 137 cm³/mol. The number of fused-ring (bicyclic) bond motifs is 1. The van der Waals surface area contributed by atoms with Gasteiger partial charge in [-0.1, -0.05) is 6.07 Å². The number of hydrogen-bond acceptors (Lipinski definition) is 9. The summed E-state index contributed by atoms with van der Waals surface area (Å²) in [6, 6.07) is 14.0. The molecule has 0 bridgehead atoms. The first-order valence-electron chi connectivity index (χ1n) is 11.9. The number of morpholine rings is 1. The van der Waals surface area contributed by atoms with Crippen LogP contribution < -0.4 is 19.7 Å². The van der Waals surface area contributed by atoms with E-state index in [1.807, 2.05) is 6.07 Å². The van der Waals surface area contributed by atoms with Crippen LogP contribution >= 0.6 is 0 Å². The second kappa shape index (κ2) is 11.2. The number of alkyl halides is 2. The van der Waals surface area contributed by atoms with E-state index in [1.54, 1.807) is 36.5 Å². The van der Waals surface area contributed by atoms with Crippen LogP contribution in [0.15, 0.2) is 54.9 Å². The minimum absolute atomic E-state index is 0.132. The third kappa shape index (κ3) is 5.40. The number of hydrogen-bond donors (Lipinski definition) is 1. The van der Waals surface area contributed by atoms with E-state index < -0.39 is 6.43 Å². The summed E-state index contributed by atoms with van der Waals surface area (Å²) in [5.41, 5.74) is 3.13. The maximum atomic E-state index is 12.7. The summed E-state index contributed by atoms with van der Waals surface area (Å²) >= 11 is 0. The normalized spacial score (nSPS) is 13.4. The minimum Gasteiger partial charge on any atom is -0.493 e. The van der Waals surface area contributed by atoms with Gasteiger partial charge in [-0.25, -0.2) is 13.8 Å². The predicted octanol–water partition coefficient (Wildman–Crippen LogP) is 5.00. The first kappa shape index (κ1) is 25.1. The minimum atomic E-state index is -2.62. The van der Waals surface area contributed by atoms with Crippen LogP contribution in [0, 0.1) is 11.3 Å². The lowest BCUT2D eigenvalue weighted by Crippen LogP contribution is -2.36. The van der Waals surface area contributed by atoms with Crippen LogP contribution in [0.2, 0.25) is 0 Å². The number of nitrogens with zero attached hydrogens (tertiary/aromatic N) is 5. The van der Waals surface area contributed by atoms with Gasteiger partial charge in [0.25, 0.3) is 6.43 Å². The lowest BCUT2D eigenvalue weighted by molar-refractivity contribution is 0.122. The number of nitriles is 1. The molecule has 1 aliphatic rings. The summed E-state index contributed by atoms with van der Waals surface area (Å²) in [5, 5.41) is 13.3. The molecule has 1 saturated heterocycles. The van der Waals surface area contributed by atoms with E-state index in [9.17, 15) is 14.0 Å². The largest absolute Gasteiger partial charge is 0.493 e. The summed E-state index contributed by atoms with van der Waals surface area (Å²) in [4.78, 5) is 15.1. The van der Waals surface area contributed by atoms with Crippen LogP contribution in [0.25, 0.3) is 11.0 Å². The van der Waals surface area contributed by atoms with Crippen molar-refractivity contribution in [3.05, 3.63) is 71.7 Å². The van der Waals surface area contributed by atoms with E-state index in [0.717, 1.165) is 0 Å². The molecule has 0 saturated carbocycles. The number of nitrogens with one attached hydrogen (secondary N) is 1. The average Bonchev–Trinajstić information content (AvgIpc) is 2.96. The molecule has 0 atom stereocenters. The van der Waals surface area contributed by atoms with Crippen molar-refractivity contribution in [3.8, 4) is 17.6 Å². The third-order valence-corrected chi connectivity index (χ3v) is 6.06. The number of pyridine rings is 1. The lowest BCUT2D eigenvalue weighted by atomic mass is 10.1. The fourth-order valence-electron chi connectivity index (χ4n) is 4.06. The Morgan fingerprint density at radius 1 is 1.08 bits per heavy atom. The van der Waals surface area contributed by atoms with Crippen molar-refractivity contribution in [2.24, 2.45) is 0 Å². The van der Waals surface area contributed by atoms with E-state index in [0.29, 0.717) is 77.2 Å². The summed E-state index contributed by atoms with van der Waals surface area (Å²) in [6.45, 7) is 2.80. The highest BCUT2D eigenvalue weighted by Gasteiger charge is 2.17. The highest BCUT2D eigenvalue weighted by atomic mass is 19.3. The Morgan fingerprint density at radius 3 is 2.63 bits per heavy atom. The van der Waals surface area contributed by atoms with Crippen molar-refractivity contribution >= 4 is 28.2 Å². The van der Waals surface area contributed by atoms with Gasteiger partial charge in [-0.05, 0) is 30.3 Å². The fourth-order valence-corrected chi connectivity index (χ4v) is 4.06. The van der Waals surface area contributed by atoms with Crippen LogP contribution in [-0.2, 0) is 11.3 Å². The number of halogens is 2. The van der Waals surface area contributed by atoms with Gasteiger partial charge in [0.1, 0.15) is 35.3 Å². The highest BCUT2D eigenvalue weighted by molar-refractivity contribution is 5.89. The van der Waals surface area contributed by atoms with Crippen molar-refractivity contribution in [3.63, 3.8) is 0 Å². The van der Waals surface area contributed by atoms with Gasteiger partial charge in [0.05, 0.1) is 37.7 Å². The van der Waals surface area contributed by atoms with Crippen LogP contribution in [0.1, 0.15) is 23.2 Å². The van der Waals surface area contributed by atoms with Crippen molar-refractivity contribution in [1.82, 2.24) is 15.0 Å². The quantitative estimate of drug-likeness (QED) is 0.345.